The molecule has 0 unspecified atom stereocenters. The van der Waals surface area contributed by atoms with E-state index in [0.29, 0.717) is 5.92 Å². The summed E-state index contributed by atoms with van der Waals surface area (Å²) in [6, 6.07) is 8.60. The maximum Gasteiger partial charge on any atom is 0.0127 e. The zero-order valence-corrected chi connectivity index (χ0v) is 9.09. The summed E-state index contributed by atoms with van der Waals surface area (Å²) in [7, 11) is 0. The molecular weight excluding hydrogens is 168 g/mol. The van der Waals surface area contributed by atoms with E-state index in [0.717, 1.165) is 19.3 Å². The van der Waals surface area contributed by atoms with Crippen molar-refractivity contribution in [1.82, 2.24) is 0 Å². The average molecular weight is 186 g/mol. The van der Waals surface area contributed by atoms with E-state index in [1.807, 2.05) is 0 Å². The maximum absolute atomic E-state index is 5.28. The first-order valence-corrected chi connectivity index (χ1v) is 5.24. The second-order valence-corrected chi connectivity index (χ2v) is 4.07. The molecule has 0 aliphatic carbocycles. The minimum absolute atomic E-state index is 0.710. The largest absolute Gasteiger partial charge is 0.120 e. The molecule has 0 radical (unpaired) electrons. The van der Waals surface area contributed by atoms with Gasteiger partial charge in [0.1, 0.15) is 0 Å². The Hall–Kier alpha value is -1.22. The van der Waals surface area contributed by atoms with Gasteiger partial charge in [-0.25, -0.2) is 0 Å². The third-order valence-corrected chi connectivity index (χ3v) is 2.29. The molecule has 0 aliphatic rings. The fourth-order valence-corrected chi connectivity index (χ4v) is 1.65. The highest BCUT2D eigenvalue weighted by Crippen LogP contribution is 2.15. The van der Waals surface area contributed by atoms with Gasteiger partial charge in [-0.05, 0) is 29.9 Å². The molecule has 1 rings (SSSR count). The normalized spacial score (nSPS) is 10.1. The van der Waals surface area contributed by atoms with Crippen LogP contribution in [0.2, 0.25) is 0 Å². The van der Waals surface area contributed by atoms with Crippen LogP contribution in [-0.2, 0) is 12.8 Å². The molecule has 0 heteroatoms. The molecule has 14 heavy (non-hydrogen) atoms. The van der Waals surface area contributed by atoms with Crippen LogP contribution in [0.25, 0.3) is 0 Å². The monoisotopic (exact) mass is 186 g/mol. The van der Waals surface area contributed by atoms with Crippen molar-refractivity contribution in [3.05, 3.63) is 35.4 Å². The Morgan fingerprint density at radius 1 is 1.21 bits per heavy atom. The number of rotatable bonds is 4. The third-order valence-electron chi connectivity index (χ3n) is 2.29. The summed E-state index contributed by atoms with van der Waals surface area (Å²) >= 11 is 0. The molecule has 0 N–H and O–H groups in total. The molecule has 0 fully saturated rings. The van der Waals surface area contributed by atoms with Gasteiger partial charge in [0, 0.05) is 6.42 Å². The van der Waals surface area contributed by atoms with Crippen molar-refractivity contribution < 1.29 is 0 Å². The van der Waals surface area contributed by atoms with E-state index in [9.17, 15) is 0 Å². The number of aryl methyl sites for hydroxylation is 1. The summed E-state index contributed by atoms with van der Waals surface area (Å²) in [5.74, 6) is 3.41. The van der Waals surface area contributed by atoms with Gasteiger partial charge in [-0.2, -0.15) is 0 Å². The van der Waals surface area contributed by atoms with Crippen LogP contribution < -0.4 is 0 Å². The van der Waals surface area contributed by atoms with Crippen LogP contribution in [0.3, 0.4) is 0 Å². The first-order valence-electron chi connectivity index (χ1n) is 5.24. The lowest BCUT2D eigenvalue weighted by Crippen LogP contribution is -1.99. The van der Waals surface area contributed by atoms with Crippen molar-refractivity contribution >= 4 is 0 Å². The van der Waals surface area contributed by atoms with Crippen LogP contribution in [0, 0.1) is 18.3 Å². The van der Waals surface area contributed by atoms with Crippen molar-refractivity contribution in [3.63, 3.8) is 0 Å². The lowest BCUT2D eigenvalue weighted by atomic mass is 9.96. The van der Waals surface area contributed by atoms with Gasteiger partial charge in [-0.3, -0.25) is 0 Å². The van der Waals surface area contributed by atoms with Crippen LogP contribution in [0.4, 0.5) is 0 Å². The highest BCUT2D eigenvalue weighted by Gasteiger charge is 2.02. The van der Waals surface area contributed by atoms with Crippen molar-refractivity contribution in [2.45, 2.75) is 33.1 Å². The molecule has 0 amide bonds. The van der Waals surface area contributed by atoms with Crippen LogP contribution in [0.5, 0.6) is 0 Å². The summed E-state index contributed by atoms with van der Waals surface area (Å²) in [6.07, 6.45) is 8.29. The molecule has 0 atom stereocenters. The lowest BCUT2D eigenvalue weighted by Gasteiger charge is -2.10. The highest BCUT2D eigenvalue weighted by atomic mass is 14.1. The van der Waals surface area contributed by atoms with Crippen molar-refractivity contribution in [2.24, 2.45) is 5.92 Å². The predicted molar refractivity (Wildman–Crippen MR) is 62.1 cm³/mol. The fraction of sp³-hybridized carbons (Fsp3) is 0.429. The van der Waals surface area contributed by atoms with Crippen LogP contribution >= 0.6 is 0 Å². The number of benzene rings is 1. The number of hydrogen-bond acceptors (Lipinski definition) is 0. The summed E-state index contributed by atoms with van der Waals surface area (Å²) in [5, 5.41) is 0. The molecular formula is C14H18. The lowest BCUT2D eigenvalue weighted by molar-refractivity contribution is 0.642. The first-order chi connectivity index (χ1) is 6.74. The van der Waals surface area contributed by atoms with Gasteiger partial charge >= 0.3 is 0 Å². The molecule has 0 heterocycles. The van der Waals surface area contributed by atoms with E-state index in [4.69, 9.17) is 6.42 Å². The van der Waals surface area contributed by atoms with Crippen molar-refractivity contribution in [1.29, 1.82) is 0 Å². The van der Waals surface area contributed by atoms with Gasteiger partial charge in [-0.15, -0.1) is 12.3 Å². The van der Waals surface area contributed by atoms with Crippen molar-refractivity contribution in [3.8, 4) is 12.3 Å². The first kappa shape index (κ1) is 10.9. The molecule has 0 spiro atoms. The minimum atomic E-state index is 0.710. The van der Waals surface area contributed by atoms with Gasteiger partial charge in [0.15, 0.2) is 0 Å². The van der Waals surface area contributed by atoms with Gasteiger partial charge < -0.3 is 0 Å². The molecule has 74 valence electrons. The van der Waals surface area contributed by atoms with Gasteiger partial charge in [0.2, 0.25) is 0 Å². The summed E-state index contributed by atoms with van der Waals surface area (Å²) in [4.78, 5) is 0. The Morgan fingerprint density at radius 2 is 1.86 bits per heavy atom. The highest BCUT2D eigenvalue weighted by molar-refractivity contribution is 5.28. The molecule has 0 nitrogen and oxygen atoms in total. The Balaban J connectivity index is 2.76. The number of terminal acetylenes is 1. The van der Waals surface area contributed by atoms with Crippen LogP contribution in [0.15, 0.2) is 24.3 Å². The third kappa shape index (κ3) is 3.26. The molecule has 0 aliphatic heterocycles. The van der Waals surface area contributed by atoms with Crippen LogP contribution in [-0.4, -0.2) is 0 Å². The Bertz CT molecular complexity index is 315. The van der Waals surface area contributed by atoms with E-state index in [1.54, 1.807) is 0 Å². The molecule has 1 aromatic carbocycles. The smallest absolute Gasteiger partial charge is 0.0127 e. The van der Waals surface area contributed by atoms with Gasteiger partial charge in [0.05, 0.1) is 0 Å². The second-order valence-electron chi connectivity index (χ2n) is 4.07. The fourth-order valence-electron chi connectivity index (χ4n) is 1.65. The zero-order valence-electron chi connectivity index (χ0n) is 9.09. The Labute approximate surface area is 87.4 Å². The summed E-state index contributed by atoms with van der Waals surface area (Å²) in [5.41, 5.74) is 2.87. The van der Waals surface area contributed by atoms with E-state index < -0.39 is 0 Å². The quantitative estimate of drug-likeness (QED) is 0.632. The van der Waals surface area contributed by atoms with Crippen molar-refractivity contribution in [2.75, 3.05) is 0 Å². The molecule has 0 saturated carbocycles. The minimum Gasteiger partial charge on any atom is -0.120 e. The van der Waals surface area contributed by atoms with Gasteiger partial charge in [-0.1, -0.05) is 38.1 Å². The Kier molecular flexibility index (Phi) is 4.26. The molecule has 0 saturated heterocycles. The molecule has 0 aromatic heterocycles. The van der Waals surface area contributed by atoms with Gasteiger partial charge in [0.25, 0.3) is 0 Å². The topological polar surface area (TPSA) is 0 Å². The van der Waals surface area contributed by atoms with E-state index in [-0.39, 0.29) is 0 Å². The Morgan fingerprint density at radius 3 is 2.43 bits per heavy atom. The molecule has 0 bridgehead atoms. The molecule has 1 aromatic rings. The van der Waals surface area contributed by atoms with E-state index in [2.05, 4.69) is 44.0 Å². The van der Waals surface area contributed by atoms with E-state index >= 15 is 0 Å². The zero-order chi connectivity index (χ0) is 10.4. The SMILES string of the molecule is C#CCCc1ccccc1CC(C)C. The summed E-state index contributed by atoms with van der Waals surface area (Å²) < 4.78 is 0. The predicted octanol–water partition coefficient (Wildman–Crippen LogP) is 3.45. The van der Waals surface area contributed by atoms with E-state index in [1.165, 1.54) is 11.1 Å². The maximum atomic E-state index is 5.28. The average Bonchev–Trinajstić information content (AvgIpc) is 2.16. The number of hydrogen-bond donors (Lipinski definition) is 0. The second kappa shape index (κ2) is 5.50. The van der Waals surface area contributed by atoms with Crippen LogP contribution in [0.1, 0.15) is 31.4 Å². The standard InChI is InChI=1S/C14H18/c1-4-5-8-13-9-6-7-10-14(13)11-12(2)3/h1,6-7,9-10,12H,5,8,11H2,2-3H3. The summed E-state index contributed by atoms with van der Waals surface area (Å²) in [6.45, 7) is 4.50.